The molecule has 2 saturated carbocycles. The van der Waals surface area contributed by atoms with Crippen LogP contribution in [-0.2, 0) is 4.79 Å². The number of hydrogen-bond acceptors (Lipinski definition) is 2. The monoisotopic (exact) mass is 224 g/mol. The zero-order chi connectivity index (χ0) is 11.4. The van der Waals surface area contributed by atoms with Crippen molar-refractivity contribution >= 4 is 5.91 Å². The summed E-state index contributed by atoms with van der Waals surface area (Å²) in [6.07, 6.45) is 9.55. The first-order chi connectivity index (χ1) is 7.77. The van der Waals surface area contributed by atoms with Gasteiger partial charge in [0.1, 0.15) is 0 Å². The molecule has 0 bridgehead atoms. The van der Waals surface area contributed by atoms with Crippen LogP contribution in [0.4, 0.5) is 0 Å². The first-order valence-corrected chi connectivity index (χ1v) is 6.75. The summed E-state index contributed by atoms with van der Waals surface area (Å²) in [5.74, 6) is 1.09. The summed E-state index contributed by atoms with van der Waals surface area (Å²) in [6, 6.07) is 0. The molecule has 0 atom stereocenters. The van der Waals surface area contributed by atoms with Crippen LogP contribution >= 0.6 is 0 Å². The van der Waals surface area contributed by atoms with E-state index in [-0.39, 0.29) is 11.3 Å². The van der Waals surface area contributed by atoms with Crippen molar-refractivity contribution < 1.29 is 4.79 Å². The molecule has 3 N–H and O–H groups in total. The Balaban J connectivity index is 1.72. The van der Waals surface area contributed by atoms with Crippen LogP contribution in [0.1, 0.15) is 51.4 Å². The fraction of sp³-hybridized carbons (Fsp3) is 0.923. The van der Waals surface area contributed by atoms with Crippen LogP contribution in [-0.4, -0.2) is 19.0 Å². The summed E-state index contributed by atoms with van der Waals surface area (Å²) in [5, 5.41) is 3.10. The van der Waals surface area contributed by atoms with Gasteiger partial charge in [-0.15, -0.1) is 0 Å². The van der Waals surface area contributed by atoms with Crippen molar-refractivity contribution in [3.8, 4) is 0 Å². The Morgan fingerprint density at radius 3 is 2.44 bits per heavy atom. The molecule has 16 heavy (non-hydrogen) atoms. The lowest BCUT2D eigenvalue weighted by molar-refractivity contribution is -0.130. The van der Waals surface area contributed by atoms with Crippen molar-refractivity contribution in [1.29, 1.82) is 0 Å². The van der Waals surface area contributed by atoms with E-state index >= 15 is 0 Å². The standard InChI is InChI=1S/C13H24N2O/c14-10-13(7-1-2-8-13)12(16)15-9-6-11-4-3-5-11/h11H,1-10,14H2,(H,15,16). The van der Waals surface area contributed by atoms with Gasteiger partial charge in [0, 0.05) is 13.1 Å². The number of carbonyl (C=O) groups is 1. The van der Waals surface area contributed by atoms with Gasteiger partial charge in [-0.1, -0.05) is 32.1 Å². The van der Waals surface area contributed by atoms with E-state index in [2.05, 4.69) is 5.32 Å². The van der Waals surface area contributed by atoms with Gasteiger partial charge in [-0.3, -0.25) is 4.79 Å². The second-order valence-corrected chi connectivity index (χ2v) is 5.53. The number of nitrogens with two attached hydrogens (primary N) is 1. The fourth-order valence-corrected chi connectivity index (χ4v) is 2.93. The van der Waals surface area contributed by atoms with Crippen LogP contribution in [0.5, 0.6) is 0 Å². The molecule has 0 saturated heterocycles. The number of nitrogens with one attached hydrogen (secondary N) is 1. The minimum atomic E-state index is -0.223. The van der Waals surface area contributed by atoms with Gasteiger partial charge in [-0.2, -0.15) is 0 Å². The van der Waals surface area contributed by atoms with Crippen molar-refractivity contribution in [2.45, 2.75) is 51.4 Å². The van der Waals surface area contributed by atoms with Gasteiger partial charge in [0.15, 0.2) is 0 Å². The highest BCUT2D eigenvalue weighted by molar-refractivity contribution is 5.83. The molecule has 0 spiro atoms. The summed E-state index contributed by atoms with van der Waals surface area (Å²) < 4.78 is 0. The molecule has 0 aliphatic heterocycles. The maximum absolute atomic E-state index is 12.1. The van der Waals surface area contributed by atoms with E-state index in [4.69, 9.17) is 5.73 Å². The zero-order valence-corrected chi connectivity index (χ0v) is 10.1. The molecular formula is C13H24N2O. The van der Waals surface area contributed by atoms with Crippen molar-refractivity contribution in [3.63, 3.8) is 0 Å². The molecule has 3 heteroatoms. The van der Waals surface area contributed by atoms with Crippen LogP contribution in [0.3, 0.4) is 0 Å². The minimum Gasteiger partial charge on any atom is -0.356 e. The van der Waals surface area contributed by atoms with Gasteiger partial charge in [0.25, 0.3) is 0 Å². The van der Waals surface area contributed by atoms with E-state index in [0.29, 0.717) is 6.54 Å². The second kappa shape index (κ2) is 5.17. The third-order valence-electron chi connectivity index (χ3n) is 4.50. The van der Waals surface area contributed by atoms with Gasteiger partial charge in [0.2, 0.25) is 5.91 Å². The molecule has 0 aromatic carbocycles. The van der Waals surface area contributed by atoms with Gasteiger partial charge in [0.05, 0.1) is 5.41 Å². The molecule has 3 nitrogen and oxygen atoms in total. The summed E-state index contributed by atoms with van der Waals surface area (Å²) >= 11 is 0. The van der Waals surface area contributed by atoms with Crippen molar-refractivity contribution in [3.05, 3.63) is 0 Å². The van der Waals surface area contributed by atoms with Crippen LogP contribution in [0.25, 0.3) is 0 Å². The molecule has 2 rings (SSSR count). The van der Waals surface area contributed by atoms with Crippen molar-refractivity contribution in [2.75, 3.05) is 13.1 Å². The molecule has 2 aliphatic carbocycles. The minimum absolute atomic E-state index is 0.215. The van der Waals surface area contributed by atoms with Gasteiger partial charge in [-0.05, 0) is 25.2 Å². The molecular weight excluding hydrogens is 200 g/mol. The highest BCUT2D eigenvalue weighted by atomic mass is 16.2. The van der Waals surface area contributed by atoms with Crippen LogP contribution < -0.4 is 11.1 Å². The molecule has 0 aromatic rings. The summed E-state index contributed by atoms with van der Waals surface area (Å²) in [7, 11) is 0. The number of amides is 1. The molecule has 2 aliphatic rings. The van der Waals surface area contributed by atoms with Gasteiger partial charge in [-0.25, -0.2) is 0 Å². The third-order valence-corrected chi connectivity index (χ3v) is 4.50. The van der Waals surface area contributed by atoms with Gasteiger partial charge >= 0.3 is 0 Å². The van der Waals surface area contributed by atoms with Crippen molar-refractivity contribution in [2.24, 2.45) is 17.1 Å². The Morgan fingerprint density at radius 2 is 1.94 bits per heavy atom. The van der Waals surface area contributed by atoms with E-state index in [9.17, 15) is 4.79 Å². The molecule has 0 unspecified atom stereocenters. The maximum Gasteiger partial charge on any atom is 0.227 e. The fourth-order valence-electron chi connectivity index (χ4n) is 2.93. The molecule has 2 fully saturated rings. The Hall–Kier alpha value is -0.570. The van der Waals surface area contributed by atoms with Gasteiger partial charge < -0.3 is 11.1 Å². The van der Waals surface area contributed by atoms with Crippen LogP contribution in [0.2, 0.25) is 0 Å². The Bertz CT molecular complexity index is 242. The maximum atomic E-state index is 12.1. The van der Waals surface area contributed by atoms with E-state index in [1.54, 1.807) is 0 Å². The number of carbonyl (C=O) groups excluding carboxylic acids is 1. The van der Waals surface area contributed by atoms with Crippen LogP contribution in [0.15, 0.2) is 0 Å². The zero-order valence-electron chi connectivity index (χ0n) is 10.1. The average molecular weight is 224 g/mol. The summed E-state index contributed by atoms with van der Waals surface area (Å²) in [6.45, 7) is 1.37. The third kappa shape index (κ3) is 2.40. The average Bonchev–Trinajstić information content (AvgIpc) is 2.71. The lowest BCUT2D eigenvalue weighted by Crippen LogP contribution is -2.44. The van der Waals surface area contributed by atoms with E-state index in [0.717, 1.165) is 44.6 Å². The highest BCUT2D eigenvalue weighted by Gasteiger charge is 2.39. The topological polar surface area (TPSA) is 55.1 Å². The Kier molecular flexibility index (Phi) is 3.85. The predicted molar refractivity (Wildman–Crippen MR) is 64.9 cm³/mol. The first kappa shape index (κ1) is 11.9. The molecule has 0 heterocycles. The second-order valence-electron chi connectivity index (χ2n) is 5.53. The highest BCUT2D eigenvalue weighted by Crippen LogP contribution is 2.37. The largest absolute Gasteiger partial charge is 0.356 e. The molecule has 0 aromatic heterocycles. The van der Waals surface area contributed by atoms with E-state index in [1.807, 2.05) is 0 Å². The Morgan fingerprint density at radius 1 is 1.25 bits per heavy atom. The molecule has 92 valence electrons. The quantitative estimate of drug-likeness (QED) is 0.748. The normalized spacial score (nSPS) is 24.1. The molecule has 0 radical (unpaired) electrons. The lowest BCUT2D eigenvalue weighted by atomic mass is 9.82. The van der Waals surface area contributed by atoms with Crippen LogP contribution in [0, 0.1) is 11.3 Å². The summed E-state index contributed by atoms with van der Waals surface area (Å²) in [5.41, 5.74) is 5.56. The van der Waals surface area contributed by atoms with E-state index in [1.165, 1.54) is 19.3 Å². The van der Waals surface area contributed by atoms with Crippen molar-refractivity contribution in [1.82, 2.24) is 5.32 Å². The number of hydrogen-bond donors (Lipinski definition) is 2. The predicted octanol–water partition coefficient (Wildman–Crippen LogP) is 1.81. The van der Waals surface area contributed by atoms with E-state index < -0.39 is 0 Å². The SMILES string of the molecule is NCC1(C(=O)NCCC2CCC2)CCCC1. The first-order valence-electron chi connectivity index (χ1n) is 6.75. The Labute approximate surface area is 98.2 Å². The number of rotatable bonds is 5. The smallest absolute Gasteiger partial charge is 0.227 e. The lowest BCUT2D eigenvalue weighted by Gasteiger charge is -2.28. The molecule has 1 amide bonds. The summed E-state index contributed by atoms with van der Waals surface area (Å²) in [4.78, 5) is 12.1.